The number of aryl methyl sites for hydroxylation is 3. The van der Waals surface area contributed by atoms with Crippen molar-refractivity contribution in [1.82, 2.24) is 10.2 Å². The Hall–Kier alpha value is -3.51. The zero-order valence-electron chi connectivity index (χ0n) is 22.5. The fourth-order valence-corrected chi connectivity index (χ4v) is 4.18. The molecule has 2 unspecified atom stereocenters. The van der Waals surface area contributed by atoms with Gasteiger partial charge in [-0.3, -0.25) is 9.59 Å². The lowest BCUT2D eigenvalue weighted by Gasteiger charge is -2.33. The van der Waals surface area contributed by atoms with Crippen LogP contribution in [0.3, 0.4) is 0 Å². The molecule has 8 nitrogen and oxygen atoms in total. The van der Waals surface area contributed by atoms with Crippen molar-refractivity contribution >= 4 is 36.2 Å². The van der Waals surface area contributed by atoms with E-state index in [1.165, 1.54) is 4.90 Å². The van der Waals surface area contributed by atoms with Crippen LogP contribution in [0, 0.1) is 39.0 Å². The summed E-state index contributed by atoms with van der Waals surface area (Å²) in [5, 5.41) is 15.2. The number of nitriles is 1. The van der Waals surface area contributed by atoms with Crippen molar-refractivity contribution in [2.24, 2.45) is 0 Å². The van der Waals surface area contributed by atoms with Crippen molar-refractivity contribution in [3.8, 4) is 6.07 Å². The number of hydrogen-bond donors (Lipinski definition) is 3. The molecule has 2 N–H and O–H groups in total. The molecule has 0 bridgehead atoms. The third-order valence-electron chi connectivity index (χ3n) is 5.93. The Morgan fingerprint density at radius 2 is 1.59 bits per heavy atom. The van der Waals surface area contributed by atoms with E-state index in [-0.39, 0.29) is 12.3 Å². The summed E-state index contributed by atoms with van der Waals surface area (Å²) in [5.74, 6) is -1.15. The van der Waals surface area contributed by atoms with Gasteiger partial charge in [0.05, 0.1) is 6.07 Å². The van der Waals surface area contributed by atoms with Gasteiger partial charge in [-0.25, -0.2) is 4.79 Å². The predicted molar refractivity (Wildman–Crippen MR) is 148 cm³/mol. The molecule has 0 heterocycles. The van der Waals surface area contributed by atoms with Crippen molar-refractivity contribution in [1.29, 1.82) is 5.26 Å². The lowest BCUT2D eigenvalue weighted by atomic mass is 9.95. The van der Waals surface area contributed by atoms with Crippen LogP contribution in [0.5, 0.6) is 0 Å². The minimum Gasteiger partial charge on any atom is -0.444 e. The molecule has 2 aromatic carbocycles. The molecule has 0 aliphatic heterocycles. The first kappa shape index (κ1) is 29.7. The van der Waals surface area contributed by atoms with E-state index in [0.717, 1.165) is 22.3 Å². The molecule has 0 aliphatic rings. The largest absolute Gasteiger partial charge is 0.444 e. The Morgan fingerprint density at radius 3 is 2.14 bits per heavy atom. The molecular formula is C28H36N4O4S. The van der Waals surface area contributed by atoms with Gasteiger partial charge in [0.15, 0.2) is 0 Å². The molecule has 2 aromatic rings. The second-order valence-electron chi connectivity index (χ2n) is 9.95. The van der Waals surface area contributed by atoms with Gasteiger partial charge in [-0.15, -0.1) is 0 Å². The average Bonchev–Trinajstić information content (AvgIpc) is 2.80. The first-order valence-corrected chi connectivity index (χ1v) is 12.6. The van der Waals surface area contributed by atoms with Crippen molar-refractivity contribution < 1.29 is 19.1 Å². The number of thiol groups is 1. The van der Waals surface area contributed by atoms with Crippen LogP contribution < -0.4 is 10.6 Å². The van der Waals surface area contributed by atoms with Crippen LogP contribution in [0.2, 0.25) is 0 Å². The number of carbonyl (C=O) groups excluding carboxylic acids is 3. The molecule has 0 aliphatic carbocycles. The highest BCUT2D eigenvalue weighted by Gasteiger charge is 2.37. The molecule has 37 heavy (non-hydrogen) atoms. The molecule has 0 aromatic heterocycles. The zero-order chi connectivity index (χ0) is 27.9. The van der Waals surface area contributed by atoms with Gasteiger partial charge in [0.2, 0.25) is 5.91 Å². The molecule has 2 rings (SSSR count). The number of hydrogen-bond acceptors (Lipinski definition) is 6. The Labute approximate surface area is 224 Å². The SMILES string of the molecule is Cc1cccc(C(C(=O)Nc2c(C)cccc2C)N(CC#N)C(=O)C(CS)NC(=O)OC(C)(C)C)c1C. The average molecular weight is 525 g/mol. The molecule has 0 saturated carbocycles. The molecule has 0 spiro atoms. The molecule has 0 radical (unpaired) electrons. The molecular weight excluding hydrogens is 488 g/mol. The number of nitrogens with zero attached hydrogens (tertiary/aromatic N) is 2. The number of rotatable bonds is 8. The van der Waals surface area contributed by atoms with Gasteiger partial charge in [-0.05, 0) is 76.3 Å². The fraction of sp³-hybridized carbons (Fsp3) is 0.429. The fourth-order valence-electron chi connectivity index (χ4n) is 3.93. The second-order valence-corrected chi connectivity index (χ2v) is 10.3. The minimum atomic E-state index is -1.13. The van der Waals surface area contributed by atoms with Gasteiger partial charge in [-0.2, -0.15) is 17.9 Å². The van der Waals surface area contributed by atoms with Gasteiger partial charge in [0.1, 0.15) is 24.2 Å². The van der Waals surface area contributed by atoms with E-state index in [0.29, 0.717) is 11.3 Å². The van der Waals surface area contributed by atoms with Gasteiger partial charge < -0.3 is 20.3 Å². The van der Waals surface area contributed by atoms with E-state index in [1.54, 1.807) is 32.9 Å². The van der Waals surface area contributed by atoms with Crippen molar-refractivity contribution in [2.75, 3.05) is 17.6 Å². The third kappa shape index (κ3) is 7.73. The summed E-state index contributed by atoms with van der Waals surface area (Å²) < 4.78 is 5.29. The van der Waals surface area contributed by atoms with Crippen molar-refractivity contribution in [3.05, 3.63) is 64.2 Å². The monoisotopic (exact) mass is 524 g/mol. The summed E-state index contributed by atoms with van der Waals surface area (Å²) in [6, 6.07) is 10.9. The number of carbonyl (C=O) groups is 3. The van der Waals surface area contributed by atoms with E-state index < -0.39 is 35.6 Å². The molecule has 198 valence electrons. The number of alkyl carbamates (subject to hydrolysis) is 1. The summed E-state index contributed by atoms with van der Waals surface area (Å²) >= 11 is 4.25. The highest BCUT2D eigenvalue weighted by atomic mass is 32.1. The number of amides is 3. The van der Waals surface area contributed by atoms with Crippen LogP contribution in [-0.4, -0.2) is 46.7 Å². The number of para-hydroxylation sites is 1. The van der Waals surface area contributed by atoms with E-state index in [2.05, 4.69) is 23.3 Å². The van der Waals surface area contributed by atoms with E-state index in [4.69, 9.17) is 4.74 Å². The smallest absolute Gasteiger partial charge is 0.408 e. The van der Waals surface area contributed by atoms with Crippen LogP contribution in [0.1, 0.15) is 54.6 Å². The number of anilines is 1. The van der Waals surface area contributed by atoms with Crippen molar-refractivity contribution in [2.45, 2.75) is 66.2 Å². The molecule has 0 fully saturated rings. The van der Waals surface area contributed by atoms with E-state index in [1.807, 2.05) is 58.0 Å². The highest BCUT2D eigenvalue weighted by molar-refractivity contribution is 7.80. The summed E-state index contributed by atoms with van der Waals surface area (Å²) in [6.07, 6.45) is -0.792. The quantitative estimate of drug-likeness (QED) is 0.340. The molecule has 2 atom stereocenters. The molecule has 9 heteroatoms. The lowest BCUT2D eigenvalue weighted by Crippen LogP contribution is -2.53. The molecule has 3 amide bonds. The Balaban J connectivity index is 2.56. The Bertz CT molecular complexity index is 1180. The van der Waals surface area contributed by atoms with Crippen LogP contribution in [-0.2, 0) is 14.3 Å². The van der Waals surface area contributed by atoms with Crippen LogP contribution in [0.15, 0.2) is 36.4 Å². The van der Waals surface area contributed by atoms with Gasteiger partial charge in [-0.1, -0.05) is 36.4 Å². The Kier molecular flexibility index (Phi) is 10.2. The summed E-state index contributed by atoms with van der Waals surface area (Å²) in [4.78, 5) is 41.2. The van der Waals surface area contributed by atoms with E-state index >= 15 is 0 Å². The highest BCUT2D eigenvalue weighted by Crippen LogP contribution is 2.30. The van der Waals surface area contributed by atoms with Crippen LogP contribution in [0.4, 0.5) is 10.5 Å². The first-order valence-electron chi connectivity index (χ1n) is 12.0. The maximum atomic E-state index is 13.9. The maximum absolute atomic E-state index is 13.9. The lowest BCUT2D eigenvalue weighted by molar-refractivity contribution is -0.139. The standard InChI is InChI=1S/C28H36N4O4S/c1-17-10-9-13-21(20(17)4)24(25(33)31-23-18(2)11-8-12-19(23)3)32(15-14-29)26(34)22(16-37)30-27(35)36-28(5,6)7/h8-13,22,24,37H,15-16H2,1-7H3,(H,30,35)(H,31,33). The minimum absolute atomic E-state index is 0.0575. The van der Waals surface area contributed by atoms with Crippen molar-refractivity contribution in [3.63, 3.8) is 0 Å². The van der Waals surface area contributed by atoms with E-state index in [9.17, 15) is 19.6 Å². The summed E-state index contributed by atoms with van der Waals surface area (Å²) in [5.41, 5.74) is 3.95. The normalized spacial score (nSPS) is 12.6. The maximum Gasteiger partial charge on any atom is 0.408 e. The number of benzene rings is 2. The number of ether oxygens (including phenoxy) is 1. The predicted octanol–water partition coefficient (Wildman–Crippen LogP) is 4.78. The zero-order valence-corrected chi connectivity index (χ0v) is 23.4. The van der Waals surface area contributed by atoms with Crippen LogP contribution >= 0.6 is 12.6 Å². The summed E-state index contributed by atoms with van der Waals surface area (Å²) in [7, 11) is 0. The third-order valence-corrected chi connectivity index (χ3v) is 6.29. The Morgan fingerprint density at radius 1 is 1.03 bits per heavy atom. The van der Waals surface area contributed by atoms with Gasteiger partial charge in [0, 0.05) is 11.4 Å². The van der Waals surface area contributed by atoms with Gasteiger partial charge >= 0.3 is 6.09 Å². The first-order chi connectivity index (χ1) is 17.3. The molecule has 0 saturated heterocycles. The summed E-state index contributed by atoms with van der Waals surface area (Å²) in [6.45, 7) is 12.3. The van der Waals surface area contributed by atoms with Crippen LogP contribution in [0.25, 0.3) is 0 Å². The number of nitrogens with one attached hydrogen (secondary N) is 2. The topological polar surface area (TPSA) is 112 Å². The second kappa shape index (κ2) is 12.6. The van der Waals surface area contributed by atoms with Gasteiger partial charge in [0.25, 0.3) is 5.91 Å².